The number of piperazine rings is 1. The van der Waals surface area contributed by atoms with Gasteiger partial charge in [0.05, 0.1) is 24.5 Å². The van der Waals surface area contributed by atoms with Gasteiger partial charge >= 0.3 is 0 Å². The highest BCUT2D eigenvalue weighted by Gasteiger charge is 2.42. The summed E-state index contributed by atoms with van der Waals surface area (Å²) >= 11 is 0. The lowest BCUT2D eigenvalue weighted by Gasteiger charge is -2.47. The van der Waals surface area contributed by atoms with E-state index in [0.29, 0.717) is 43.3 Å². The summed E-state index contributed by atoms with van der Waals surface area (Å²) in [5.74, 6) is -0.393. The first-order valence-corrected chi connectivity index (χ1v) is 15.1. The lowest BCUT2D eigenvalue weighted by Crippen LogP contribution is -2.65. The van der Waals surface area contributed by atoms with Gasteiger partial charge in [0.25, 0.3) is 0 Å². The van der Waals surface area contributed by atoms with Crippen LogP contribution in [0, 0.1) is 25.6 Å². The Morgan fingerprint density at radius 1 is 1.05 bits per heavy atom. The SMILES string of the molecule is COCC[C@H](c1nccc(C)c1F)N1C[C@@H](C)N(C(=O)C(C)C)[C@@H](C(=O)NCc2ccc(-c3ccc(C)c(OC)n3)cc2)C1. The summed E-state index contributed by atoms with van der Waals surface area (Å²) < 4.78 is 26.0. The Labute approximate surface area is 259 Å². The van der Waals surface area contributed by atoms with E-state index in [9.17, 15) is 9.59 Å². The van der Waals surface area contributed by atoms with Gasteiger partial charge in [-0.05, 0) is 50.5 Å². The summed E-state index contributed by atoms with van der Waals surface area (Å²) in [6.45, 7) is 10.7. The molecule has 1 fully saturated rings. The molecule has 0 unspecified atom stereocenters. The van der Waals surface area contributed by atoms with Crippen molar-refractivity contribution in [2.45, 2.75) is 65.7 Å². The summed E-state index contributed by atoms with van der Waals surface area (Å²) in [5.41, 5.74) is 4.44. The molecule has 9 nitrogen and oxygen atoms in total. The molecule has 2 amide bonds. The third-order valence-electron chi connectivity index (χ3n) is 8.19. The number of carbonyl (C=O) groups excluding carboxylic acids is 2. The molecule has 1 aliphatic heterocycles. The summed E-state index contributed by atoms with van der Waals surface area (Å²) in [4.78, 5) is 39.9. The van der Waals surface area contributed by atoms with Crippen LogP contribution in [0.15, 0.2) is 48.7 Å². The maximum Gasteiger partial charge on any atom is 0.244 e. The fourth-order valence-electron chi connectivity index (χ4n) is 5.74. The molecule has 2 aromatic heterocycles. The van der Waals surface area contributed by atoms with Crippen LogP contribution in [0.2, 0.25) is 0 Å². The van der Waals surface area contributed by atoms with Gasteiger partial charge in [0, 0.05) is 62.6 Å². The van der Waals surface area contributed by atoms with E-state index < -0.39 is 12.1 Å². The van der Waals surface area contributed by atoms with Crippen molar-refractivity contribution in [1.82, 2.24) is 25.1 Å². The normalized spacial score (nSPS) is 17.9. The van der Waals surface area contributed by atoms with Crippen molar-refractivity contribution in [3.8, 4) is 17.1 Å². The smallest absolute Gasteiger partial charge is 0.244 e. The lowest BCUT2D eigenvalue weighted by molar-refractivity contribution is -0.151. The highest BCUT2D eigenvalue weighted by atomic mass is 19.1. The second-order valence-electron chi connectivity index (χ2n) is 11.8. The average molecular weight is 606 g/mol. The van der Waals surface area contributed by atoms with Crippen LogP contribution >= 0.6 is 0 Å². The molecule has 0 radical (unpaired) electrons. The fraction of sp³-hybridized carbons (Fsp3) is 0.471. The third-order valence-corrected chi connectivity index (χ3v) is 8.19. The Bertz CT molecular complexity index is 1450. The largest absolute Gasteiger partial charge is 0.481 e. The van der Waals surface area contributed by atoms with E-state index in [2.05, 4.69) is 20.2 Å². The van der Waals surface area contributed by atoms with Crippen molar-refractivity contribution in [2.24, 2.45) is 5.92 Å². The minimum atomic E-state index is -0.755. The summed E-state index contributed by atoms with van der Waals surface area (Å²) in [5, 5.41) is 3.05. The van der Waals surface area contributed by atoms with Gasteiger partial charge in [-0.2, -0.15) is 0 Å². The van der Waals surface area contributed by atoms with Crippen molar-refractivity contribution in [2.75, 3.05) is 33.9 Å². The molecule has 236 valence electrons. The van der Waals surface area contributed by atoms with E-state index in [4.69, 9.17) is 9.47 Å². The van der Waals surface area contributed by atoms with Gasteiger partial charge in [0.15, 0.2) is 0 Å². The van der Waals surface area contributed by atoms with Crippen LogP contribution in [-0.2, 0) is 20.9 Å². The number of pyridine rings is 2. The maximum atomic E-state index is 15.3. The molecule has 4 rings (SSSR count). The Kier molecular flexibility index (Phi) is 11.0. The van der Waals surface area contributed by atoms with Gasteiger partial charge in [-0.15, -0.1) is 0 Å². The molecule has 3 heterocycles. The average Bonchev–Trinajstić information content (AvgIpc) is 3.01. The molecular weight excluding hydrogens is 561 g/mol. The molecule has 1 N–H and O–H groups in total. The van der Waals surface area contributed by atoms with Gasteiger partial charge in [0.1, 0.15) is 11.9 Å². The standard InChI is InChI=1S/C34H44FN5O4/c1-21(2)34(42)40-24(5)19-39(28(15-17-43-6)31-30(35)22(3)14-16-36-31)20-29(40)32(41)37-18-25-9-11-26(12-10-25)27-13-8-23(4)33(38-27)44-7/h8-14,16,21,24,28-29H,15,17-20H2,1-7H3,(H,37,41)/t24-,28-,29-/m1/s1. The number of hydrogen-bond acceptors (Lipinski definition) is 7. The van der Waals surface area contributed by atoms with E-state index in [1.807, 2.05) is 64.1 Å². The Morgan fingerprint density at radius 2 is 1.77 bits per heavy atom. The van der Waals surface area contributed by atoms with Crippen molar-refractivity contribution < 1.29 is 23.5 Å². The number of aromatic nitrogens is 2. The van der Waals surface area contributed by atoms with Gasteiger partial charge in [0.2, 0.25) is 17.7 Å². The highest BCUT2D eigenvalue weighted by molar-refractivity contribution is 5.89. The molecule has 3 aromatic rings. The van der Waals surface area contributed by atoms with Crippen LogP contribution in [0.25, 0.3) is 11.3 Å². The number of amides is 2. The second kappa shape index (κ2) is 14.7. The fourth-order valence-corrected chi connectivity index (χ4v) is 5.74. The Morgan fingerprint density at radius 3 is 2.43 bits per heavy atom. The molecule has 10 heteroatoms. The maximum absolute atomic E-state index is 15.3. The van der Waals surface area contributed by atoms with E-state index in [-0.39, 0.29) is 36.1 Å². The first kappa shape index (κ1) is 33.0. The summed E-state index contributed by atoms with van der Waals surface area (Å²) in [7, 11) is 3.21. The minimum absolute atomic E-state index is 0.0871. The first-order valence-electron chi connectivity index (χ1n) is 15.1. The number of carbonyl (C=O) groups is 2. The predicted molar refractivity (Wildman–Crippen MR) is 167 cm³/mol. The third kappa shape index (κ3) is 7.42. The van der Waals surface area contributed by atoms with E-state index in [1.165, 1.54) is 0 Å². The van der Waals surface area contributed by atoms with Crippen LogP contribution in [0.4, 0.5) is 4.39 Å². The van der Waals surface area contributed by atoms with Crippen LogP contribution in [0.1, 0.15) is 55.6 Å². The molecule has 3 atom stereocenters. The lowest BCUT2D eigenvalue weighted by atomic mass is 9.97. The number of ether oxygens (including phenoxy) is 2. The number of hydrogen-bond donors (Lipinski definition) is 1. The molecule has 1 aliphatic rings. The number of halogens is 1. The second-order valence-corrected chi connectivity index (χ2v) is 11.8. The van der Waals surface area contributed by atoms with E-state index >= 15 is 4.39 Å². The molecular formula is C34H44FN5O4. The zero-order valence-electron chi connectivity index (χ0n) is 26.8. The van der Waals surface area contributed by atoms with Crippen LogP contribution in [0.3, 0.4) is 0 Å². The van der Waals surface area contributed by atoms with Crippen LogP contribution < -0.4 is 10.1 Å². The molecule has 0 bridgehead atoms. The zero-order valence-corrected chi connectivity index (χ0v) is 26.8. The number of nitrogens with one attached hydrogen (secondary N) is 1. The predicted octanol–water partition coefficient (Wildman–Crippen LogP) is 4.86. The van der Waals surface area contributed by atoms with Crippen molar-refractivity contribution in [3.63, 3.8) is 0 Å². The van der Waals surface area contributed by atoms with Gasteiger partial charge in [-0.3, -0.25) is 19.5 Å². The van der Waals surface area contributed by atoms with E-state index in [1.54, 1.807) is 38.3 Å². The number of nitrogens with zero attached hydrogens (tertiary/aromatic N) is 4. The monoisotopic (exact) mass is 605 g/mol. The first-order chi connectivity index (χ1) is 21.0. The van der Waals surface area contributed by atoms with Gasteiger partial charge in [-0.1, -0.05) is 44.2 Å². The quantitative estimate of drug-likeness (QED) is 0.334. The molecule has 1 aromatic carbocycles. The van der Waals surface area contributed by atoms with Crippen LogP contribution in [-0.4, -0.2) is 77.6 Å². The number of rotatable bonds is 11. The van der Waals surface area contributed by atoms with Crippen molar-refractivity contribution in [3.05, 3.63) is 76.9 Å². The molecule has 44 heavy (non-hydrogen) atoms. The summed E-state index contributed by atoms with van der Waals surface area (Å²) in [6, 6.07) is 11.9. The van der Waals surface area contributed by atoms with E-state index in [0.717, 1.165) is 22.4 Å². The van der Waals surface area contributed by atoms with Crippen molar-refractivity contribution in [1.29, 1.82) is 0 Å². The Hall–Kier alpha value is -3.89. The number of benzene rings is 1. The molecule has 0 aliphatic carbocycles. The van der Waals surface area contributed by atoms with Crippen molar-refractivity contribution >= 4 is 11.8 Å². The molecule has 1 saturated heterocycles. The summed E-state index contributed by atoms with van der Waals surface area (Å²) in [6.07, 6.45) is 2.10. The molecule has 0 spiro atoms. The van der Waals surface area contributed by atoms with Gasteiger partial charge < -0.3 is 19.7 Å². The zero-order chi connectivity index (χ0) is 32.0. The molecule has 0 saturated carbocycles. The number of methoxy groups -OCH3 is 2. The van der Waals surface area contributed by atoms with Gasteiger partial charge in [-0.25, -0.2) is 9.37 Å². The Balaban J connectivity index is 1.55. The highest BCUT2D eigenvalue weighted by Crippen LogP contribution is 2.31. The van der Waals surface area contributed by atoms with Crippen LogP contribution in [0.5, 0.6) is 5.88 Å². The number of aryl methyl sites for hydroxylation is 2. The minimum Gasteiger partial charge on any atom is -0.481 e. The topological polar surface area (TPSA) is 96.9 Å².